The Balaban J connectivity index is 1.48. The molecular formula is C25H22BrN3O2S. The minimum atomic E-state index is -0.224. The van der Waals surface area contributed by atoms with E-state index in [9.17, 15) is 4.79 Å². The number of hydrogen-bond acceptors (Lipinski definition) is 5. The van der Waals surface area contributed by atoms with Crippen molar-refractivity contribution in [3.8, 4) is 11.3 Å². The lowest BCUT2D eigenvalue weighted by atomic mass is 10.1. The van der Waals surface area contributed by atoms with Gasteiger partial charge >= 0.3 is 0 Å². The van der Waals surface area contributed by atoms with E-state index in [4.69, 9.17) is 4.42 Å². The fraction of sp³-hybridized carbons (Fsp3) is 0.160. The van der Waals surface area contributed by atoms with Gasteiger partial charge in [0.05, 0.1) is 11.5 Å². The van der Waals surface area contributed by atoms with Crippen LogP contribution < -0.4 is 0 Å². The highest BCUT2D eigenvalue weighted by Gasteiger charge is 2.37. The van der Waals surface area contributed by atoms with Crippen molar-refractivity contribution < 1.29 is 9.21 Å². The van der Waals surface area contributed by atoms with Gasteiger partial charge in [0.1, 0.15) is 11.5 Å². The summed E-state index contributed by atoms with van der Waals surface area (Å²) < 4.78 is 6.86. The summed E-state index contributed by atoms with van der Waals surface area (Å²) in [6.45, 7) is 6.22. The summed E-state index contributed by atoms with van der Waals surface area (Å²) in [6.07, 6.45) is 3.90. The van der Waals surface area contributed by atoms with E-state index in [-0.39, 0.29) is 11.2 Å². The molecule has 0 spiro atoms. The summed E-state index contributed by atoms with van der Waals surface area (Å²) in [4.78, 5) is 14.5. The van der Waals surface area contributed by atoms with Crippen molar-refractivity contribution in [2.45, 2.75) is 18.6 Å². The topological polar surface area (TPSA) is 58.2 Å². The highest BCUT2D eigenvalue weighted by molar-refractivity contribution is 9.10. The highest BCUT2D eigenvalue weighted by atomic mass is 79.9. The van der Waals surface area contributed by atoms with Gasteiger partial charge in [0.15, 0.2) is 5.17 Å². The van der Waals surface area contributed by atoms with Gasteiger partial charge in [-0.15, -0.1) is 11.7 Å². The molecule has 162 valence electrons. The standard InChI is InChI=1S/C25H22BrN3O2S/c1-3-13-29-24(30)23(15-18-6-4-5-17(2)14-18)32-25(29)28-27-16-21-11-12-22(31-21)19-7-9-20(26)10-8-19/h3-12,14,16,23H,1,13,15H2,2H3/b27-16+,28-25+. The Morgan fingerprint density at radius 1 is 1.19 bits per heavy atom. The van der Waals surface area contributed by atoms with Crippen molar-refractivity contribution in [3.63, 3.8) is 0 Å². The van der Waals surface area contributed by atoms with Crippen LogP contribution in [0.25, 0.3) is 11.3 Å². The molecule has 1 aliphatic rings. The number of hydrogen-bond donors (Lipinski definition) is 0. The van der Waals surface area contributed by atoms with E-state index >= 15 is 0 Å². The normalized spacial score (nSPS) is 17.6. The lowest BCUT2D eigenvalue weighted by molar-refractivity contribution is -0.125. The van der Waals surface area contributed by atoms with Gasteiger partial charge in [-0.2, -0.15) is 5.10 Å². The Morgan fingerprint density at radius 2 is 2.00 bits per heavy atom. The molecule has 0 bridgehead atoms. The van der Waals surface area contributed by atoms with Gasteiger partial charge in [0.25, 0.3) is 0 Å². The van der Waals surface area contributed by atoms with Crippen LogP contribution in [-0.4, -0.2) is 34.0 Å². The molecule has 4 rings (SSSR count). The summed E-state index contributed by atoms with van der Waals surface area (Å²) in [5, 5.41) is 8.84. The fourth-order valence-electron chi connectivity index (χ4n) is 3.39. The number of furan rings is 1. The molecule has 1 saturated heterocycles. The second-order valence-corrected chi connectivity index (χ2v) is 9.46. The maximum atomic E-state index is 12.9. The van der Waals surface area contributed by atoms with Crippen LogP contribution >= 0.6 is 27.7 Å². The van der Waals surface area contributed by atoms with Crippen molar-refractivity contribution in [2.75, 3.05) is 6.54 Å². The molecule has 0 N–H and O–H groups in total. The van der Waals surface area contributed by atoms with Gasteiger partial charge < -0.3 is 4.42 Å². The predicted octanol–water partition coefficient (Wildman–Crippen LogP) is 6.08. The zero-order valence-electron chi connectivity index (χ0n) is 17.6. The van der Waals surface area contributed by atoms with Crippen molar-refractivity contribution in [1.29, 1.82) is 0 Å². The molecule has 2 heterocycles. The van der Waals surface area contributed by atoms with Crippen LogP contribution in [0.15, 0.2) is 92.4 Å². The fourth-order valence-corrected chi connectivity index (χ4v) is 4.80. The van der Waals surface area contributed by atoms with Gasteiger partial charge in [-0.3, -0.25) is 9.69 Å². The second kappa shape index (κ2) is 10.1. The molecule has 1 fully saturated rings. The number of benzene rings is 2. The molecule has 2 aromatic carbocycles. The first-order valence-corrected chi connectivity index (χ1v) is 11.8. The van der Waals surface area contributed by atoms with Crippen LogP contribution in [0.2, 0.25) is 0 Å². The number of nitrogens with zero attached hydrogens (tertiary/aromatic N) is 3. The second-order valence-electron chi connectivity index (χ2n) is 7.37. The third-order valence-corrected chi connectivity index (χ3v) is 6.61. The molecule has 1 aliphatic heterocycles. The Hall–Kier alpha value is -2.90. The van der Waals surface area contributed by atoms with Crippen LogP contribution in [0, 0.1) is 6.92 Å². The van der Waals surface area contributed by atoms with E-state index in [1.165, 1.54) is 17.3 Å². The van der Waals surface area contributed by atoms with Gasteiger partial charge in [0, 0.05) is 16.6 Å². The van der Waals surface area contributed by atoms with E-state index in [0.717, 1.165) is 21.4 Å². The quantitative estimate of drug-likeness (QED) is 0.221. The number of amides is 1. The van der Waals surface area contributed by atoms with Gasteiger partial charge in [-0.1, -0.05) is 75.7 Å². The molecule has 5 nitrogen and oxygen atoms in total. The molecule has 32 heavy (non-hydrogen) atoms. The average molecular weight is 508 g/mol. The van der Waals surface area contributed by atoms with Gasteiger partial charge in [-0.25, -0.2) is 0 Å². The Labute approximate surface area is 200 Å². The van der Waals surface area contributed by atoms with E-state index in [1.807, 2.05) is 48.5 Å². The molecule has 1 amide bonds. The van der Waals surface area contributed by atoms with E-state index in [2.05, 4.69) is 51.8 Å². The van der Waals surface area contributed by atoms with Crippen LogP contribution in [0.1, 0.15) is 16.9 Å². The predicted molar refractivity (Wildman–Crippen MR) is 135 cm³/mol. The number of carbonyl (C=O) groups excluding carboxylic acids is 1. The van der Waals surface area contributed by atoms with Crippen LogP contribution in [0.5, 0.6) is 0 Å². The highest BCUT2D eigenvalue weighted by Crippen LogP contribution is 2.30. The summed E-state index contributed by atoms with van der Waals surface area (Å²) in [5.74, 6) is 1.37. The molecule has 7 heteroatoms. The molecule has 1 aromatic heterocycles. The lowest BCUT2D eigenvalue weighted by Gasteiger charge is -2.12. The maximum Gasteiger partial charge on any atom is 0.242 e. The van der Waals surface area contributed by atoms with E-state index in [0.29, 0.717) is 23.9 Å². The van der Waals surface area contributed by atoms with Crippen LogP contribution in [0.3, 0.4) is 0 Å². The Kier molecular flexibility index (Phi) is 7.07. The Bertz CT molecular complexity index is 1180. The molecular weight excluding hydrogens is 486 g/mol. The zero-order valence-corrected chi connectivity index (χ0v) is 20.0. The van der Waals surface area contributed by atoms with Crippen LogP contribution in [0.4, 0.5) is 0 Å². The summed E-state index contributed by atoms with van der Waals surface area (Å²) in [6, 6.07) is 19.9. The molecule has 1 atom stereocenters. The van der Waals surface area contributed by atoms with Gasteiger partial charge in [-0.05, 0) is 43.2 Å². The summed E-state index contributed by atoms with van der Waals surface area (Å²) in [5.41, 5.74) is 3.29. The first-order valence-electron chi connectivity index (χ1n) is 10.1. The molecule has 3 aromatic rings. The number of thioether (sulfide) groups is 1. The molecule has 0 radical (unpaired) electrons. The Morgan fingerprint density at radius 3 is 2.75 bits per heavy atom. The number of rotatable bonds is 7. The van der Waals surface area contributed by atoms with Crippen molar-refractivity contribution >= 4 is 45.0 Å². The van der Waals surface area contributed by atoms with E-state index in [1.54, 1.807) is 17.2 Å². The molecule has 0 aliphatic carbocycles. The van der Waals surface area contributed by atoms with E-state index < -0.39 is 0 Å². The summed E-state index contributed by atoms with van der Waals surface area (Å²) >= 11 is 4.87. The first-order chi connectivity index (χ1) is 15.5. The number of carbonyl (C=O) groups is 1. The SMILES string of the molecule is C=CCN1C(=O)C(Cc2cccc(C)c2)S/C1=N/N=C/c1ccc(-c2ccc(Br)cc2)o1. The molecule has 0 saturated carbocycles. The minimum absolute atomic E-state index is 0.0286. The van der Waals surface area contributed by atoms with Crippen molar-refractivity contribution in [2.24, 2.45) is 10.2 Å². The van der Waals surface area contributed by atoms with Crippen molar-refractivity contribution in [1.82, 2.24) is 4.90 Å². The lowest BCUT2D eigenvalue weighted by Crippen LogP contribution is -2.32. The number of halogens is 1. The number of amidine groups is 1. The first kappa shape index (κ1) is 22.3. The van der Waals surface area contributed by atoms with Gasteiger partial charge in [0.2, 0.25) is 5.91 Å². The van der Waals surface area contributed by atoms with Crippen molar-refractivity contribution in [3.05, 3.63) is 94.7 Å². The maximum absolute atomic E-state index is 12.9. The largest absolute Gasteiger partial charge is 0.455 e. The smallest absolute Gasteiger partial charge is 0.242 e. The monoisotopic (exact) mass is 507 g/mol. The summed E-state index contributed by atoms with van der Waals surface area (Å²) in [7, 11) is 0. The van der Waals surface area contributed by atoms with Crippen LogP contribution in [-0.2, 0) is 11.2 Å². The minimum Gasteiger partial charge on any atom is -0.455 e. The number of aryl methyl sites for hydroxylation is 1. The average Bonchev–Trinajstić information content (AvgIpc) is 3.35. The zero-order chi connectivity index (χ0) is 22.5. The third kappa shape index (κ3) is 5.29. The molecule has 1 unspecified atom stereocenters. The third-order valence-electron chi connectivity index (χ3n) is 4.92.